The van der Waals surface area contributed by atoms with Gasteiger partial charge in [0.1, 0.15) is 0 Å². The highest BCUT2D eigenvalue weighted by atomic mass is 35.5. The van der Waals surface area contributed by atoms with E-state index in [4.69, 9.17) is 16.3 Å². The maximum atomic E-state index is 13.4. The molecule has 0 unspecified atom stereocenters. The molecule has 0 aliphatic carbocycles. The minimum Gasteiger partial charge on any atom is -0.465 e. The second kappa shape index (κ2) is 10.0. The highest BCUT2D eigenvalue weighted by Crippen LogP contribution is 2.31. The van der Waals surface area contributed by atoms with Gasteiger partial charge in [0.15, 0.2) is 5.13 Å². The Morgan fingerprint density at radius 3 is 2.45 bits per heavy atom. The molecule has 2 aromatic carbocycles. The number of esters is 1. The van der Waals surface area contributed by atoms with Crippen molar-refractivity contribution >= 4 is 62.6 Å². The molecule has 0 spiro atoms. The number of fused-ring (bicyclic) bond motifs is 1. The van der Waals surface area contributed by atoms with Crippen molar-refractivity contribution in [1.29, 1.82) is 0 Å². The molecule has 9 heteroatoms. The average Bonchev–Trinajstić information content (AvgIpc) is 3.09. The monoisotopic (exact) mass is 453 g/mol. The van der Waals surface area contributed by atoms with E-state index in [1.54, 1.807) is 35.2 Å². The van der Waals surface area contributed by atoms with Crippen molar-refractivity contribution in [2.75, 3.05) is 39.2 Å². The van der Waals surface area contributed by atoms with Gasteiger partial charge >= 0.3 is 5.97 Å². The van der Waals surface area contributed by atoms with Crippen LogP contribution < -0.4 is 4.90 Å². The van der Waals surface area contributed by atoms with Crippen LogP contribution >= 0.6 is 35.3 Å². The van der Waals surface area contributed by atoms with Crippen LogP contribution in [0.4, 0.5) is 5.13 Å². The first-order valence-electron chi connectivity index (χ1n) is 8.60. The lowest BCUT2D eigenvalue weighted by Gasteiger charge is -2.22. The molecule has 6 nitrogen and oxygen atoms in total. The Morgan fingerprint density at radius 1 is 1.10 bits per heavy atom. The number of carbonyl (C=O) groups excluding carboxylic acids is 2. The van der Waals surface area contributed by atoms with E-state index in [1.165, 1.54) is 18.4 Å². The summed E-state index contributed by atoms with van der Waals surface area (Å²) in [7, 11) is 5.16. The highest BCUT2D eigenvalue weighted by Gasteiger charge is 2.25. The number of amides is 1. The van der Waals surface area contributed by atoms with E-state index in [9.17, 15) is 9.59 Å². The standard InChI is InChI=1S/C20H20ClN3O3S.ClH/c1-23(2)10-11-24(20-22-16-9-8-13(21)12-17(16)28-20)18(25)14-6-4-5-7-15(14)19(26)27-3;/h4-9,12H,10-11H2,1-3H3;1H. The lowest BCUT2D eigenvalue weighted by Crippen LogP contribution is -2.37. The molecule has 0 N–H and O–H groups in total. The summed E-state index contributed by atoms with van der Waals surface area (Å²) < 4.78 is 5.72. The van der Waals surface area contributed by atoms with E-state index in [2.05, 4.69) is 4.98 Å². The molecule has 29 heavy (non-hydrogen) atoms. The Hall–Kier alpha value is -2.19. The number of halogens is 2. The third-order valence-corrected chi connectivity index (χ3v) is 5.43. The van der Waals surface area contributed by atoms with E-state index in [0.717, 1.165) is 10.2 Å². The summed E-state index contributed by atoms with van der Waals surface area (Å²) in [5.41, 5.74) is 1.28. The first-order valence-corrected chi connectivity index (χ1v) is 9.80. The fraction of sp³-hybridized carbons (Fsp3) is 0.250. The quantitative estimate of drug-likeness (QED) is 0.518. The predicted octanol–water partition coefficient (Wildman–Crippen LogP) is 4.37. The topological polar surface area (TPSA) is 62.7 Å². The number of methoxy groups -OCH3 is 1. The minimum absolute atomic E-state index is 0. The van der Waals surface area contributed by atoms with E-state index < -0.39 is 5.97 Å². The predicted molar refractivity (Wildman–Crippen MR) is 120 cm³/mol. The maximum Gasteiger partial charge on any atom is 0.338 e. The lowest BCUT2D eigenvalue weighted by molar-refractivity contribution is 0.0597. The smallest absolute Gasteiger partial charge is 0.338 e. The zero-order chi connectivity index (χ0) is 20.3. The van der Waals surface area contributed by atoms with Crippen LogP contribution in [0.1, 0.15) is 20.7 Å². The van der Waals surface area contributed by atoms with Crippen molar-refractivity contribution in [2.45, 2.75) is 0 Å². The summed E-state index contributed by atoms with van der Waals surface area (Å²) in [4.78, 5) is 33.7. The zero-order valence-corrected chi connectivity index (χ0v) is 18.6. The van der Waals surface area contributed by atoms with Gasteiger partial charge in [0, 0.05) is 18.1 Å². The molecule has 0 radical (unpaired) electrons. The van der Waals surface area contributed by atoms with Crippen molar-refractivity contribution in [3.8, 4) is 0 Å². The minimum atomic E-state index is -0.549. The van der Waals surface area contributed by atoms with E-state index >= 15 is 0 Å². The van der Waals surface area contributed by atoms with Gasteiger partial charge < -0.3 is 9.64 Å². The van der Waals surface area contributed by atoms with Crippen molar-refractivity contribution in [1.82, 2.24) is 9.88 Å². The molecular formula is C20H21Cl2N3O3S. The number of anilines is 1. The number of carbonyl (C=O) groups is 2. The molecule has 1 aromatic heterocycles. The molecule has 1 amide bonds. The van der Waals surface area contributed by atoms with Crippen molar-refractivity contribution < 1.29 is 14.3 Å². The van der Waals surface area contributed by atoms with Gasteiger partial charge in [-0.1, -0.05) is 35.1 Å². The number of ether oxygens (including phenoxy) is 1. The van der Waals surface area contributed by atoms with Gasteiger partial charge in [-0.3, -0.25) is 9.69 Å². The van der Waals surface area contributed by atoms with Crippen LogP contribution in [-0.2, 0) is 4.74 Å². The molecule has 0 saturated carbocycles. The summed E-state index contributed by atoms with van der Waals surface area (Å²) in [6, 6.07) is 12.1. The summed E-state index contributed by atoms with van der Waals surface area (Å²) in [6.45, 7) is 1.07. The summed E-state index contributed by atoms with van der Waals surface area (Å²) in [6.07, 6.45) is 0. The summed E-state index contributed by atoms with van der Waals surface area (Å²) >= 11 is 7.47. The van der Waals surface area contributed by atoms with E-state index in [1.807, 2.05) is 31.1 Å². The molecule has 0 saturated heterocycles. The first kappa shape index (κ1) is 23.1. The Morgan fingerprint density at radius 2 is 1.79 bits per heavy atom. The first-order chi connectivity index (χ1) is 13.4. The largest absolute Gasteiger partial charge is 0.465 e. The van der Waals surface area contributed by atoms with Crippen LogP contribution in [0.5, 0.6) is 0 Å². The van der Waals surface area contributed by atoms with Crippen LogP contribution in [0.25, 0.3) is 10.2 Å². The Balaban J connectivity index is 0.00000300. The highest BCUT2D eigenvalue weighted by molar-refractivity contribution is 7.22. The number of hydrogen-bond donors (Lipinski definition) is 0. The second-order valence-electron chi connectivity index (χ2n) is 6.41. The lowest BCUT2D eigenvalue weighted by atomic mass is 10.1. The van der Waals surface area contributed by atoms with Crippen molar-refractivity contribution in [2.24, 2.45) is 0 Å². The van der Waals surface area contributed by atoms with Crippen LogP contribution in [0, 0.1) is 0 Å². The van der Waals surface area contributed by atoms with E-state index in [-0.39, 0.29) is 29.4 Å². The van der Waals surface area contributed by atoms with Crippen molar-refractivity contribution in [3.05, 3.63) is 58.6 Å². The summed E-state index contributed by atoms with van der Waals surface area (Å²) in [5.74, 6) is -0.847. The third-order valence-electron chi connectivity index (χ3n) is 4.15. The van der Waals surface area contributed by atoms with Crippen molar-refractivity contribution in [3.63, 3.8) is 0 Å². The molecule has 3 aromatic rings. The number of benzene rings is 2. The van der Waals surface area contributed by atoms with Crippen LogP contribution in [0.3, 0.4) is 0 Å². The number of likely N-dealkylation sites (N-methyl/N-ethyl adjacent to an activating group) is 1. The fourth-order valence-corrected chi connectivity index (χ4v) is 3.95. The van der Waals surface area contributed by atoms with Gasteiger partial charge in [-0.15, -0.1) is 12.4 Å². The average molecular weight is 454 g/mol. The molecule has 0 bridgehead atoms. The molecule has 0 aliphatic heterocycles. The normalized spacial score (nSPS) is 10.7. The number of nitrogens with zero attached hydrogens (tertiary/aromatic N) is 3. The van der Waals surface area contributed by atoms with E-state index in [0.29, 0.717) is 23.2 Å². The van der Waals surface area contributed by atoms with Gasteiger partial charge in [0.2, 0.25) is 0 Å². The molecule has 0 atom stereocenters. The maximum absolute atomic E-state index is 13.4. The number of hydrogen-bond acceptors (Lipinski definition) is 6. The Labute approximate surface area is 184 Å². The second-order valence-corrected chi connectivity index (χ2v) is 7.85. The van der Waals surface area contributed by atoms with Crippen LogP contribution in [0.15, 0.2) is 42.5 Å². The van der Waals surface area contributed by atoms with Gasteiger partial charge in [-0.2, -0.15) is 0 Å². The van der Waals surface area contributed by atoms with Crippen LogP contribution in [-0.4, -0.2) is 56.1 Å². The van der Waals surface area contributed by atoms with Crippen LogP contribution in [0.2, 0.25) is 5.02 Å². The number of rotatable bonds is 6. The SMILES string of the molecule is COC(=O)c1ccccc1C(=O)N(CCN(C)C)c1nc2ccc(Cl)cc2s1.Cl. The fourth-order valence-electron chi connectivity index (χ4n) is 2.69. The molecular weight excluding hydrogens is 433 g/mol. The zero-order valence-electron chi connectivity index (χ0n) is 16.2. The number of aromatic nitrogens is 1. The molecule has 1 heterocycles. The van der Waals surface area contributed by atoms with Gasteiger partial charge in [0.25, 0.3) is 5.91 Å². The van der Waals surface area contributed by atoms with Gasteiger partial charge in [0.05, 0.1) is 28.5 Å². The molecule has 154 valence electrons. The number of thiazole rings is 1. The molecule has 3 rings (SSSR count). The third kappa shape index (κ3) is 5.25. The van der Waals surface area contributed by atoms with Gasteiger partial charge in [-0.05, 0) is 44.4 Å². The molecule has 0 fully saturated rings. The molecule has 0 aliphatic rings. The Kier molecular flexibility index (Phi) is 7.98. The summed E-state index contributed by atoms with van der Waals surface area (Å²) in [5, 5.41) is 1.17. The Bertz CT molecular complexity index is 1020. The van der Waals surface area contributed by atoms with Gasteiger partial charge in [-0.25, -0.2) is 9.78 Å².